The number of carbonyl (C=O) groups excluding carboxylic acids is 1. The van der Waals surface area contributed by atoms with E-state index in [1.807, 2.05) is 4.90 Å². The number of ether oxygens (including phenoxy) is 1. The molecule has 2 rings (SSSR count). The van der Waals surface area contributed by atoms with Gasteiger partial charge in [0.05, 0.1) is 13.0 Å². The lowest BCUT2D eigenvalue weighted by atomic mass is 10.2. The Bertz CT molecular complexity index is 254. The van der Waals surface area contributed by atoms with Gasteiger partial charge in [0, 0.05) is 52.4 Å². The average molecular weight is 241 g/mol. The van der Waals surface area contributed by atoms with E-state index in [2.05, 4.69) is 10.2 Å². The van der Waals surface area contributed by atoms with E-state index >= 15 is 0 Å². The summed E-state index contributed by atoms with van der Waals surface area (Å²) in [5.41, 5.74) is 0. The van der Waals surface area contributed by atoms with Gasteiger partial charge in [-0.05, 0) is 6.42 Å². The van der Waals surface area contributed by atoms with Gasteiger partial charge in [-0.2, -0.15) is 0 Å². The van der Waals surface area contributed by atoms with Crippen molar-refractivity contribution in [2.75, 3.05) is 53.0 Å². The molecular weight excluding hydrogens is 218 g/mol. The first-order valence-corrected chi connectivity index (χ1v) is 6.52. The van der Waals surface area contributed by atoms with Crippen molar-refractivity contribution in [1.29, 1.82) is 0 Å². The summed E-state index contributed by atoms with van der Waals surface area (Å²) < 4.78 is 4.95. The van der Waals surface area contributed by atoms with E-state index in [1.54, 1.807) is 7.11 Å². The SMILES string of the molecule is COCCC(=O)N1CCC(N2CCNCC2)C1. The van der Waals surface area contributed by atoms with Crippen LogP contribution in [-0.4, -0.2) is 74.7 Å². The Labute approximate surface area is 103 Å². The molecule has 5 heteroatoms. The molecule has 0 bridgehead atoms. The number of hydrogen-bond acceptors (Lipinski definition) is 4. The third-order valence-corrected chi connectivity index (χ3v) is 3.70. The van der Waals surface area contributed by atoms with Crippen molar-refractivity contribution in [3.63, 3.8) is 0 Å². The number of nitrogens with zero attached hydrogens (tertiary/aromatic N) is 2. The van der Waals surface area contributed by atoms with E-state index in [9.17, 15) is 4.79 Å². The first-order valence-electron chi connectivity index (χ1n) is 6.52. The zero-order chi connectivity index (χ0) is 12.1. The molecule has 0 radical (unpaired) electrons. The summed E-state index contributed by atoms with van der Waals surface area (Å²) in [4.78, 5) is 16.4. The third kappa shape index (κ3) is 3.40. The lowest BCUT2D eigenvalue weighted by Gasteiger charge is -2.32. The van der Waals surface area contributed by atoms with Crippen molar-refractivity contribution in [2.45, 2.75) is 18.9 Å². The largest absolute Gasteiger partial charge is 0.384 e. The topological polar surface area (TPSA) is 44.8 Å². The Morgan fingerprint density at radius 2 is 2.12 bits per heavy atom. The van der Waals surface area contributed by atoms with Gasteiger partial charge in [-0.25, -0.2) is 0 Å². The Balaban J connectivity index is 1.76. The van der Waals surface area contributed by atoms with Crippen molar-refractivity contribution >= 4 is 5.91 Å². The molecule has 2 fully saturated rings. The summed E-state index contributed by atoms with van der Waals surface area (Å²) in [6.07, 6.45) is 1.64. The molecule has 1 unspecified atom stereocenters. The second-order valence-electron chi connectivity index (χ2n) is 4.81. The van der Waals surface area contributed by atoms with Gasteiger partial charge in [0.2, 0.25) is 5.91 Å². The average Bonchev–Trinajstić information content (AvgIpc) is 2.86. The van der Waals surface area contributed by atoms with Crippen molar-refractivity contribution in [3.8, 4) is 0 Å². The van der Waals surface area contributed by atoms with Crippen LogP contribution in [0.5, 0.6) is 0 Å². The number of likely N-dealkylation sites (tertiary alicyclic amines) is 1. The molecule has 1 amide bonds. The number of methoxy groups -OCH3 is 1. The molecule has 98 valence electrons. The summed E-state index contributed by atoms with van der Waals surface area (Å²) in [5, 5.41) is 3.36. The second-order valence-corrected chi connectivity index (χ2v) is 4.81. The Morgan fingerprint density at radius 1 is 1.35 bits per heavy atom. The van der Waals surface area contributed by atoms with Crippen LogP contribution in [0.25, 0.3) is 0 Å². The minimum absolute atomic E-state index is 0.240. The van der Waals surface area contributed by atoms with Crippen molar-refractivity contribution in [3.05, 3.63) is 0 Å². The third-order valence-electron chi connectivity index (χ3n) is 3.70. The molecule has 0 aliphatic carbocycles. The summed E-state index contributed by atoms with van der Waals surface area (Å²) >= 11 is 0. The van der Waals surface area contributed by atoms with Crippen LogP contribution >= 0.6 is 0 Å². The van der Waals surface area contributed by atoms with E-state index < -0.39 is 0 Å². The van der Waals surface area contributed by atoms with Crippen LogP contribution in [0.3, 0.4) is 0 Å². The number of carbonyl (C=O) groups is 1. The van der Waals surface area contributed by atoms with E-state index in [0.717, 1.165) is 45.7 Å². The number of nitrogens with one attached hydrogen (secondary N) is 1. The van der Waals surface area contributed by atoms with Crippen molar-refractivity contribution in [2.24, 2.45) is 0 Å². The van der Waals surface area contributed by atoms with Crippen LogP contribution in [0.1, 0.15) is 12.8 Å². The molecule has 2 aliphatic rings. The fourth-order valence-corrected chi connectivity index (χ4v) is 2.66. The van der Waals surface area contributed by atoms with Crippen LogP contribution in [-0.2, 0) is 9.53 Å². The molecule has 2 heterocycles. The first-order chi connectivity index (χ1) is 8.31. The molecular formula is C12H23N3O2. The lowest BCUT2D eigenvalue weighted by Crippen LogP contribution is -2.49. The molecule has 2 aliphatic heterocycles. The molecule has 5 nitrogen and oxygen atoms in total. The maximum Gasteiger partial charge on any atom is 0.224 e. The van der Waals surface area contributed by atoms with Gasteiger partial charge in [-0.15, -0.1) is 0 Å². The van der Waals surface area contributed by atoms with Gasteiger partial charge in [0.25, 0.3) is 0 Å². The molecule has 1 atom stereocenters. The summed E-state index contributed by atoms with van der Waals surface area (Å²) in [7, 11) is 1.64. The van der Waals surface area contributed by atoms with Gasteiger partial charge >= 0.3 is 0 Å². The molecule has 0 spiro atoms. The fraction of sp³-hybridized carbons (Fsp3) is 0.917. The highest BCUT2D eigenvalue weighted by Gasteiger charge is 2.30. The molecule has 0 aromatic rings. The molecule has 0 aromatic carbocycles. The van der Waals surface area contributed by atoms with Crippen LogP contribution in [0.15, 0.2) is 0 Å². The van der Waals surface area contributed by atoms with E-state index in [-0.39, 0.29) is 5.91 Å². The van der Waals surface area contributed by atoms with E-state index in [4.69, 9.17) is 4.74 Å². The smallest absolute Gasteiger partial charge is 0.224 e. The Kier molecular flexibility index (Phi) is 4.76. The standard InChI is InChI=1S/C12H23N3O2/c1-17-9-3-12(16)15-6-2-11(10-15)14-7-4-13-5-8-14/h11,13H,2-10H2,1H3. The fourth-order valence-electron chi connectivity index (χ4n) is 2.66. The second kappa shape index (κ2) is 6.33. The highest BCUT2D eigenvalue weighted by molar-refractivity contribution is 5.76. The number of hydrogen-bond donors (Lipinski definition) is 1. The predicted molar refractivity (Wildman–Crippen MR) is 65.9 cm³/mol. The number of piperazine rings is 1. The number of rotatable bonds is 4. The van der Waals surface area contributed by atoms with Gasteiger partial charge in [0.1, 0.15) is 0 Å². The number of amides is 1. The van der Waals surface area contributed by atoms with Gasteiger partial charge < -0.3 is 15.0 Å². The highest BCUT2D eigenvalue weighted by atomic mass is 16.5. The van der Waals surface area contributed by atoms with Crippen LogP contribution < -0.4 is 5.32 Å². The summed E-state index contributed by atoms with van der Waals surface area (Å²) in [6, 6.07) is 0.573. The monoisotopic (exact) mass is 241 g/mol. The van der Waals surface area contributed by atoms with Crippen molar-refractivity contribution in [1.82, 2.24) is 15.1 Å². The first kappa shape index (κ1) is 12.8. The minimum Gasteiger partial charge on any atom is -0.384 e. The minimum atomic E-state index is 0.240. The zero-order valence-corrected chi connectivity index (χ0v) is 10.7. The van der Waals surface area contributed by atoms with E-state index in [0.29, 0.717) is 19.1 Å². The maximum atomic E-state index is 11.8. The summed E-state index contributed by atoms with van der Waals surface area (Å²) in [5.74, 6) is 0.240. The molecule has 2 saturated heterocycles. The lowest BCUT2D eigenvalue weighted by molar-refractivity contribution is -0.131. The van der Waals surface area contributed by atoms with Gasteiger partial charge in [-0.3, -0.25) is 9.69 Å². The summed E-state index contributed by atoms with van der Waals surface area (Å²) in [6.45, 7) is 6.74. The van der Waals surface area contributed by atoms with Gasteiger partial charge in [0.15, 0.2) is 0 Å². The highest BCUT2D eigenvalue weighted by Crippen LogP contribution is 2.16. The normalized spacial score (nSPS) is 26.4. The van der Waals surface area contributed by atoms with Crippen LogP contribution in [0, 0.1) is 0 Å². The Hall–Kier alpha value is -0.650. The quantitative estimate of drug-likeness (QED) is 0.723. The van der Waals surface area contributed by atoms with Crippen LogP contribution in [0.4, 0.5) is 0 Å². The maximum absolute atomic E-state index is 11.8. The van der Waals surface area contributed by atoms with Gasteiger partial charge in [-0.1, -0.05) is 0 Å². The molecule has 17 heavy (non-hydrogen) atoms. The van der Waals surface area contributed by atoms with Crippen molar-refractivity contribution < 1.29 is 9.53 Å². The molecule has 0 aromatic heterocycles. The Morgan fingerprint density at radius 3 is 2.82 bits per heavy atom. The predicted octanol–water partition coefficient (Wildman–Crippen LogP) is -0.471. The van der Waals surface area contributed by atoms with Crippen LogP contribution in [0.2, 0.25) is 0 Å². The molecule has 0 saturated carbocycles. The van der Waals surface area contributed by atoms with E-state index in [1.165, 1.54) is 0 Å². The molecule has 1 N–H and O–H groups in total. The zero-order valence-electron chi connectivity index (χ0n) is 10.7.